The Balaban J connectivity index is 1.70. The highest BCUT2D eigenvalue weighted by Gasteiger charge is 2.24. The molecule has 0 saturated heterocycles. The van der Waals surface area contributed by atoms with Gasteiger partial charge in [0.2, 0.25) is 10.0 Å². The lowest BCUT2D eigenvalue weighted by Gasteiger charge is -2.19. The molecule has 0 saturated carbocycles. The average Bonchev–Trinajstić information content (AvgIpc) is 2.78. The predicted molar refractivity (Wildman–Crippen MR) is 117 cm³/mol. The van der Waals surface area contributed by atoms with Gasteiger partial charge in [0.25, 0.3) is 0 Å². The second-order valence-electron chi connectivity index (χ2n) is 7.19. The van der Waals surface area contributed by atoms with Gasteiger partial charge in [-0.1, -0.05) is 48.0 Å². The number of ketones is 1. The van der Waals surface area contributed by atoms with Crippen molar-refractivity contribution in [1.29, 1.82) is 0 Å². The molecule has 32 heavy (non-hydrogen) atoms. The molecule has 3 rings (SSSR count). The first-order valence-electron chi connectivity index (χ1n) is 9.83. The van der Waals surface area contributed by atoms with Gasteiger partial charge in [0.1, 0.15) is 5.82 Å². The molecule has 6 nitrogen and oxygen atoms in total. The Morgan fingerprint density at radius 1 is 0.938 bits per heavy atom. The van der Waals surface area contributed by atoms with Crippen molar-refractivity contribution in [1.82, 2.24) is 4.72 Å². The molecular formula is C24H22FNO5S. The van der Waals surface area contributed by atoms with Gasteiger partial charge < -0.3 is 4.74 Å². The topological polar surface area (TPSA) is 89.5 Å². The number of esters is 1. The molecule has 0 aliphatic carbocycles. The zero-order valence-corrected chi connectivity index (χ0v) is 18.1. The van der Waals surface area contributed by atoms with Gasteiger partial charge in [-0.3, -0.25) is 9.59 Å². The summed E-state index contributed by atoms with van der Waals surface area (Å²) < 4.78 is 46.3. The summed E-state index contributed by atoms with van der Waals surface area (Å²) in [6.07, 6.45) is -0.314. The van der Waals surface area contributed by atoms with Gasteiger partial charge in [-0.15, -0.1) is 0 Å². The second-order valence-corrected chi connectivity index (χ2v) is 8.91. The van der Waals surface area contributed by atoms with Crippen LogP contribution in [-0.2, 0) is 19.6 Å². The van der Waals surface area contributed by atoms with E-state index in [0.29, 0.717) is 5.56 Å². The van der Waals surface area contributed by atoms with E-state index in [1.54, 1.807) is 42.5 Å². The standard InChI is InChI=1S/C24H22FNO5S/c1-17-7-13-21(14-8-17)32(29,30)26-22(18-5-3-2-4-6-18)15-24(28)31-16-23(27)19-9-11-20(25)12-10-19/h2-14,22,26H,15-16H2,1H3/t22-/m1/s1. The van der Waals surface area contributed by atoms with E-state index in [-0.39, 0.29) is 16.9 Å². The fourth-order valence-electron chi connectivity index (χ4n) is 2.98. The van der Waals surface area contributed by atoms with Crippen molar-refractivity contribution >= 4 is 21.8 Å². The number of rotatable bonds is 9. The van der Waals surface area contributed by atoms with E-state index in [4.69, 9.17) is 4.74 Å². The van der Waals surface area contributed by atoms with E-state index in [9.17, 15) is 22.4 Å². The molecule has 166 valence electrons. The maximum Gasteiger partial charge on any atom is 0.308 e. The number of benzene rings is 3. The quantitative estimate of drug-likeness (QED) is 0.390. The maximum atomic E-state index is 13.0. The number of aryl methyl sites for hydroxylation is 1. The van der Waals surface area contributed by atoms with Gasteiger partial charge >= 0.3 is 5.97 Å². The maximum absolute atomic E-state index is 13.0. The number of ether oxygens (including phenoxy) is 1. The number of hydrogen-bond donors (Lipinski definition) is 1. The highest BCUT2D eigenvalue weighted by atomic mass is 32.2. The number of nitrogens with one attached hydrogen (secondary N) is 1. The van der Waals surface area contributed by atoms with E-state index in [0.717, 1.165) is 17.7 Å². The SMILES string of the molecule is Cc1ccc(S(=O)(=O)N[C@H](CC(=O)OCC(=O)c2ccc(F)cc2)c2ccccc2)cc1. The van der Waals surface area contributed by atoms with Crippen LogP contribution in [0.1, 0.15) is 33.9 Å². The molecule has 3 aromatic rings. The summed E-state index contributed by atoms with van der Waals surface area (Å²) in [7, 11) is -3.91. The molecule has 3 aromatic carbocycles. The molecule has 0 unspecified atom stereocenters. The van der Waals surface area contributed by atoms with Gasteiger partial charge in [-0.05, 0) is 48.9 Å². The first kappa shape index (κ1) is 23.3. The van der Waals surface area contributed by atoms with Crippen LogP contribution >= 0.6 is 0 Å². The number of carbonyl (C=O) groups is 2. The lowest BCUT2D eigenvalue weighted by Crippen LogP contribution is -2.31. The van der Waals surface area contributed by atoms with Gasteiger partial charge in [-0.2, -0.15) is 0 Å². The van der Waals surface area contributed by atoms with Crippen LogP contribution in [0.25, 0.3) is 0 Å². The Morgan fingerprint density at radius 3 is 2.19 bits per heavy atom. The number of halogens is 1. The van der Waals surface area contributed by atoms with Gasteiger partial charge in [0.15, 0.2) is 12.4 Å². The van der Waals surface area contributed by atoms with Crippen LogP contribution in [0.2, 0.25) is 0 Å². The van der Waals surface area contributed by atoms with Crippen LogP contribution in [0, 0.1) is 12.7 Å². The molecule has 0 aromatic heterocycles. The highest BCUT2D eigenvalue weighted by molar-refractivity contribution is 7.89. The number of sulfonamides is 1. The zero-order chi connectivity index (χ0) is 23.1. The third-order valence-corrected chi connectivity index (χ3v) is 6.22. The first-order valence-corrected chi connectivity index (χ1v) is 11.3. The normalized spacial score (nSPS) is 12.2. The second kappa shape index (κ2) is 10.3. The van der Waals surface area contributed by atoms with Crippen molar-refractivity contribution in [2.75, 3.05) is 6.61 Å². The van der Waals surface area contributed by atoms with Crippen molar-refractivity contribution in [3.63, 3.8) is 0 Å². The van der Waals surface area contributed by atoms with Crippen LogP contribution < -0.4 is 4.72 Å². The minimum atomic E-state index is -3.91. The molecule has 1 N–H and O–H groups in total. The summed E-state index contributed by atoms with van der Waals surface area (Å²) in [5.41, 5.74) is 1.70. The van der Waals surface area contributed by atoms with Crippen LogP contribution in [0.4, 0.5) is 4.39 Å². The Labute approximate surface area is 186 Å². The first-order chi connectivity index (χ1) is 15.2. The van der Waals surface area contributed by atoms with Crippen LogP contribution in [0.3, 0.4) is 0 Å². The molecule has 0 fully saturated rings. The summed E-state index contributed by atoms with van der Waals surface area (Å²) in [6, 6.07) is 18.9. The van der Waals surface area contributed by atoms with E-state index in [1.165, 1.54) is 24.3 Å². The molecular weight excluding hydrogens is 433 g/mol. The minimum Gasteiger partial charge on any atom is -0.457 e. The van der Waals surface area contributed by atoms with Gasteiger partial charge in [0, 0.05) is 5.56 Å². The molecule has 0 amide bonds. The molecule has 8 heteroatoms. The molecule has 0 aliphatic rings. The molecule has 0 heterocycles. The summed E-state index contributed by atoms with van der Waals surface area (Å²) in [6.45, 7) is 1.32. The summed E-state index contributed by atoms with van der Waals surface area (Å²) in [5, 5.41) is 0. The Bertz CT molecular complexity index is 1180. The average molecular weight is 456 g/mol. The fourth-order valence-corrected chi connectivity index (χ4v) is 4.20. The third-order valence-electron chi connectivity index (χ3n) is 4.73. The number of carbonyl (C=O) groups excluding carboxylic acids is 2. The van der Waals surface area contributed by atoms with Crippen molar-refractivity contribution in [3.05, 3.63) is 101 Å². The van der Waals surface area contributed by atoms with Crippen molar-refractivity contribution in [3.8, 4) is 0 Å². The van der Waals surface area contributed by atoms with Gasteiger partial charge in [-0.25, -0.2) is 17.5 Å². The minimum absolute atomic E-state index is 0.0730. The summed E-state index contributed by atoms with van der Waals surface area (Å²) >= 11 is 0. The number of hydrogen-bond acceptors (Lipinski definition) is 5. The molecule has 0 spiro atoms. The van der Waals surface area contributed by atoms with Crippen molar-refractivity contribution in [2.45, 2.75) is 24.3 Å². The van der Waals surface area contributed by atoms with Gasteiger partial charge in [0.05, 0.1) is 17.4 Å². The molecule has 1 atom stereocenters. The predicted octanol–water partition coefficient (Wildman–Crippen LogP) is 3.97. The fraction of sp³-hybridized carbons (Fsp3) is 0.167. The molecule has 0 aliphatic heterocycles. The van der Waals surface area contributed by atoms with Crippen LogP contribution in [-0.4, -0.2) is 26.8 Å². The third kappa shape index (κ3) is 6.32. The Morgan fingerprint density at radius 2 is 1.56 bits per heavy atom. The number of Topliss-reactive ketones (excluding diaryl/α,β-unsaturated/α-hetero) is 1. The highest BCUT2D eigenvalue weighted by Crippen LogP contribution is 2.21. The smallest absolute Gasteiger partial charge is 0.308 e. The van der Waals surface area contributed by atoms with E-state index in [1.807, 2.05) is 6.92 Å². The van der Waals surface area contributed by atoms with Crippen molar-refractivity contribution in [2.24, 2.45) is 0 Å². The Hall–Kier alpha value is -3.36. The van der Waals surface area contributed by atoms with E-state index < -0.39 is 40.2 Å². The largest absolute Gasteiger partial charge is 0.457 e. The summed E-state index contributed by atoms with van der Waals surface area (Å²) in [4.78, 5) is 24.6. The summed E-state index contributed by atoms with van der Waals surface area (Å²) in [5.74, 6) is -1.72. The molecule has 0 bridgehead atoms. The Kier molecular flexibility index (Phi) is 7.50. The lowest BCUT2D eigenvalue weighted by molar-refractivity contribution is -0.143. The van der Waals surface area contributed by atoms with E-state index >= 15 is 0 Å². The lowest BCUT2D eigenvalue weighted by atomic mass is 10.1. The monoisotopic (exact) mass is 455 g/mol. The van der Waals surface area contributed by atoms with Crippen LogP contribution in [0.15, 0.2) is 83.8 Å². The zero-order valence-electron chi connectivity index (χ0n) is 17.3. The van der Waals surface area contributed by atoms with Crippen LogP contribution in [0.5, 0.6) is 0 Å². The van der Waals surface area contributed by atoms with Crippen molar-refractivity contribution < 1.29 is 27.1 Å². The van der Waals surface area contributed by atoms with E-state index in [2.05, 4.69) is 4.72 Å². The molecule has 0 radical (unpaired) electrons.